The zero-order valence-corrected chi connectivity index (χ0v) is 16.6. The molecule has 146 valence electrons. The number of hydrogen-bond acceptors (Lipinski definition) is 4. The molecule has 0 aliphatic carbocycles. The predicted molar refractivity (Wildman–Crippen MR) is 105 cm³/mol. The van der Waals surface area contributed by atoms with Crippen molar-refractivity contribution in [3.8, 4) is 12.3 Å². The lowest BCUT2D eigenvalue weighted by atomic mass is 9.86. The zero-order valence-electron chi connectivity index (χ0n) is 15.8. The maximum absolute atomic E-state index is 12.7. The van der Waals surface area contributed by atoms with Gasteiger partial charge in [-0.3, -0.25) is 9.59 Å². The molecule has 0 saturated carbocycles. The highest BCUT2D eigenvalue weighted by molar-refractivity contribution is 6.31. The van der Waals surface area contributed by atoms with Gasteiger partial charge in [0, 0.05) is 30.1 Å². The Bertz CT molecular complexity index is 767. The molecule has 0 aromatic heterocycles. The zero-order chi connectivity index (χ0) is 20.4. The number of benzene rings is 1. The van der Waals surface area contributed by atoms with Crippen LogP contribution in [0.15, 0.2) is 18.2 Å². The molecule has 1 aromatic rings. The van der Waals surface area contributed by atoms with Gasteiger partial charge < -0.3 is 21.1 Å². The molecule has 6 nitrogen and oxygen atoms in total. The van der Waals surface area contributed by atoms with Crippen LogP contribution < -0.4 is 11.1 Å². The largest absolute Gasteiger partial charge is 0.391 e. The van der Waals surface area contributed by atoms with Crippen molar-refractivity contribution in [1.82, 2.24) is 10.2 Å². The monoisotopic (exact) mass is 391 g/mol. The Morgan fingerprint density at radius 2 is 2.15 bits per heavy atom. The van der Waals surface area contributed by atoms with E-state index in [0.29, 0.717) is 16.1 Å². The predicted octanol–water partition coefficient (Wildman–Crippen LogP) is 1.27. The first kappa shape index (κ1) is 21.2. The molecule has 27 heavy (non-hydrogen) atoms. The van der Waals surface area contributed by atoms with E-state index < -0.39 is 23.6 Å². The normalized spacial score (nSPS) is 20.9. The summed E-state index contributed by atoms with van der Waals surface area (Å²) in [6.07, 6.45) is 4.76. The van der Waals surface area contributed by atoms with Crippen molar-refractivity contribution in [3.05, 3.63) is 34.3 Å². The molecular formula is C20H26ClN3O3. The summed E-state index contributed by atoms with van der Waals surface area (Å²) in [5, 5.41) is 13.2. The summed E-state index contributed by atoms with van der Waals surface area (Å²) in [5.74, 6) is 1.81. The van der Waals surface area contributed by atoms with Crippen LogP contribution in [0.2, 0.25) is 5.02 Å². The number of carbonyl (C=O) groups is 2. The van der Waals surface area contributed by atoms with Gasteiger partial charge in [0.15, 0.2) is 0 Å². The van der Waals surface area contributed by atoms with Crippen LogP contribution in [0.4, 0.5) is 0 Å². The number of aliphatic hydroxyl groups is 1. The Kier molecular flexibility index (Phi) is 6.53. The van der Waals surface area contributed by atoms with Crippen LogP contribution in [-0.2, 0) is 16.1 Å². The second kappa shape index (κ2) is 8.30. The third kappa shape index (κ3) is 5.01. The Labute approximate surface area is 165 Å². The van der Waals surface area contributed by atoms with Gasteiger partial charge in [0.2, 0.25) is 11.8 Å². The highest BCUT2D eigenvalue weighted by Gasteiger charge is 2.42. The van der Waals surface area contributed by atoms with Crippen LogP contribution in [0.5, 0.6) is 0 Å². The lowest BCUT2D eigenvalue weighted by Crippen LogP contribution is -2.54. The highest BCUT2D eigenvalue weighted by Crippen LogP contribution is 2.25. The summed E-state index contributed by atoms with van der Waals surface area (Å²) < 4.78 is 0. The average Bonchev–Trinajstić information content (AvgIpc) is 3.00. The van der Waals surface area contributed by atoms with Gasteiger partial charge in [0.1, 0.15) is 6.04 Å². The minimum absolute atomic E-state index is 0.0956. The van der Waals surface area contributed by atoms with Gasteiger partial charge in [-0.2, -0.15) is 0 Å². The second-order valence-corrected chi connectivity index (χ2v) is 8.32. The van der Waals surface area contributed by atoms with Crippen LogP contribution in [0.1, 0.15) is 38.3 Å². The van der Waals surface area contributed by atoms with E-state index in [1.165, 1.54) is 4.90 Å². The Morgan fingerprint density at radius 3 is 2.70 bits per heavy atom. The number of β-amino-alcohol motifs (C(OH)–C–C–N with tert-alkyl or cyclic N) is 1. The maximum Gasteiger partial charge on any atom is 0.243 e. The molecule has 7 heteroatoms. The molecule has 3 atom stereocenters. The number of carbonyl (C=O) groups excluding carboxylic acids is 2. The van der Waals surface area contributed by atoms with Crippen molar-refractivity contribution in [2.45, 2.75) is 51.9 Å². The van der Waals surface area contributed by atoms with Crippen LogP contribution >= 0.6 is 11.6 Å². The Balaban J connectivity index is 2.07. The topological polar surface area (TPSA) is 95.7 Å². The Hall–Kier alpha value is -2.07. The Morgan fingerprint density at radius 1 is 1.48 bits per heavy atom. The van der Waals surface area contributed by atoms with E-state index in [-0.39, 0.29) is 31.3 Å². The van der Waals surface area contributed by atoms with Crippen LogP contribution in [0, 0.1) is 17.8 Å². The number of hydrogen-bond donors (Lipinski definition) is 3. The molecule has 4 N–H and O–H groups in total. The van der Waals surface area contributed by atoms with Gasteiger partial charge in [-0.25, -0.2) is 0 Å². The smallest absolute Gasteiger partial charge is 0.243 e. The maximum atomic E-state index is 12.7. The number of nitrogens with zero attached hydrogens (tertiary/aromatic N) is 1. The second-order valence-electron chi connectivity index (χ2n) is 7.91. The molecule has 0 spiro atoms. The molecule has 0 bridgehead atoms. The first-order valence-corrected chi connectivity index (χ1v) is 9.19. The van der Waals surface area contributed by atoms with Crippen molar-refractivity contribution in [2.75, 3.05) is 6.54 Å². The molecule has 1 aliphatic heterocycles. The van der Waals surface area contributed by atoms with Gasteiger partial charge in [0.05, 0.1) is 12.1 Å². The number of rotatable bonds is 4. The molecule has 0 radical (unpaired) electrons. The molecule has 0 unspecified atom stereocenters. The van der Waals surface area contributed by atoms with Gasteiger partial charge in [-0.1, -0.05) is 44.4 Å². The molecule has 1 heterocycles. The van der Waals surface area contributed by atoms with Crippen molar-refractivity contribution < 1.29 is 14.7 Å². The van der Waals surface area contributed by atoms with E-state index in [4.69, 9.17) is 23.8 Å². The fraction of sp³-hybridized carbons (Fsp3) is 0.500. The summed E-state index contributed by atoms with van der Waals surface area (Å²) in [6.45, 7) is 5.87. The van der Waals surface area contributed by atoms with E-state index in [9.17, 15) is 14.7 Å². The lowest BCUT2D eigenvalue weighted by Gasteiger charge is -2.32. The SMILES string of the molecule is C#Cc1ccc(CNC(=O)[C@@H]2C[C@@H](O)CN2C(=O)[C@@H](N)C(C)(C)C)c(Cl)c1. The van der Waals surface area contributed by atoms with Crippen molar-refractivity contribution in [2.24, 2.45) is 11.1 Å². The third-order valence-electron chi connectivity index (χ3n) is 4.74. The van der Waals surface area contributed by atoms with E-state index >= 15 is 0 Å². The van der Waals surface area contributed by atoms with Crippen molar-refractivity contribution >= 4 is 23.4 Å². The van der Waals surface area contributed by atoms with Crippen molar-refractivity contribution in [1.29, 1.82) is 0 Å². The summed E-state index contributed by atoms with van der Waals surface area (Å²) >= 11 is 6.18. The number of amides is 2. The van der Waals surface area contributed by atoms with E-state index in [1.54, 1.807) is 18.2 Å². The van der Waals surface area contributed by atoms with Crippen LogP contribution in [0.3, 0.4) is 0 Å². The van der Waals surface area contributed by atoms with E-state index in [1.807, 2.05) is 20.8 Å². The van der Waals surface area contributed by atoms with E-state index in [2.05, 4.69) is 11.2 Å². The standard InChI is InChI=1S/C20H26ClN3O3/c1-5-12-6-7-13(15(21)8-12)10-23-18(26)16-9-14(25)11-24(16)19(27)17(22)20(2,3)4/h1,6-8,14,16-17,25H,9-11,22H2,2-4H3,(H,23,26)/t14-,16+,17-/m1/s1. The molecule has 1 aromatic carbocycles. The molecule has 1 aliphatic rings. The average molecular weight is 392 g/mol. The highest BCUT2D eigenvalue weighted by atomic mass is 35.5. The molecule has 2 rings (SSSR count). The molecule has 1 saturated heterocycles. The van der Waals surface area contributed by atoms with Gasteiger partial charge in [-0.15, -0.1) is 6.42 Å². The summed E-state index contributed by atoms with van der Waals surface area (Å²) in [7, 11) is 0. The van der Waals surface area contributed by atoms with Crippen LogP contribution in [0.25, 0.3) is 0 Å². The first-order chi connectivity index (χ1) is 12.5. The summed E-state index contributed by atoms with van der Waals surface area (Å²) in [6, 6.07) is 3.62. The van der Waals surface area contributed by atoms with E-state index in [0.717, 1.165) is 0 Å². The minimum Gasteiger partial charge on any atom is -0.391 e. The molecule has 2 amide bonds. The number of halogens is 1. The number of nitrogens with two attached hydrogens (primary N) is 1. The molecule has 1 fully saturated rings. The third-order valence-corrected chi connectivity index (χ3v) is 5.09. The number of aliphatic hydroxyl groups excluding tert-OH is 1. The van der Waals surface area contributed by atoms with Gasteiger partial charge >= 0.3 is 0 Å². The molecular weight excluding hydrogens is 366 g/mol. The number of nitrogens with one attached hydrogen (secondary N) is 1. The number of likely N-dealkylation sites (tertiary alicyclic amines) is 1. The quantitative estimate of drug-likeness (QED) is 0.673. The fourth-order valence-corrected chi connectivity index (χ4v) is 3.18. The minimum atomic E-state index is -0.760. The fourth-order valence-electron chi connectivity index (χ4n) is 2.94. The lowest BCUT2D eigenvalue weighted by molar-refractivity contribution is -0.141. The summed E-state index contributed by atoms with van der Waals surface area (Å²) in [5.41, 5.74) is 6.98. The van der Waals surface area contributed by atoms with Crippen LogP contribution in [-0.4, -0.2) is 46.6 Å². The number of terminal acetylenes is 1. The first-order valence-electron chi connectivity index (χ1n) is 8.81. The summed E-state index contributed by atoms with van der Waals surface area (Å²) in [4.78, 5) is 26.7. The van der Waals surface area contributed by atoms with Gasteiger partial charge in [0.25, 0.3) is 0 Å². The van der Waals surface area contributed by atoms with Crippen molar-refractivity contribution in [3.63, 3.8) is 0 Å². The van der Waals surface area contributed by atoms with Gasteiger partial charge in [-0.05, 0) is 23.1 Å².